The van der Waals surface area contributed by atoms with Crippen LogP contribution in [-0.4, -0.2) is 56.7 Å². The Morgan fingerprint density at radius 2 is 1.82 bits per heavy atom. The molecule has 2 aromatic heterocycles. The van der Waals surface area contributed by atoms with Gasteiger partial charge in [0.1, 0.15) is 11.7 Å². The number of aliphatic carboxylic acids is 1. The van der Waals surface area contributed by atoms with E-state index in [0.29, 0.717) is 30.0 Å². The molecule has 0 aliphatic rings. The first kappa shape index (κ1) is 32.5. The number of imidazole rings is 1. The molecule has 0 unspecified atom stereocenters. The number of ether oxygens (including phenoxy) is 1. The number of fused-ring (bicyclic) bond motifs is 1. The van der Waals surface area contributed by atoms with E-state index in [2.05, 4.69) is 27.2 Å². The molecule has 4 rings (SSSR count). The molecule has 2 aromatic carbocycles. The summed E-state index contributed by atoms with van der Waals surface area (Å²) < 4.78 is 7.04. The maximum absolute atomic E-state index is 13.0. The minimum Gasteiger partial charge on any atom is -0.481 e. The summed E-state index contributed by atoms with van der Waals surface area (Å²) in [6, 6.07) is 17.2. The molecule has 13 heteroatoms. The number of nitrogens with zero attached hydrogens (tertiary/aromatic N) is 5. The second-order valence-electron chi connectivity index (χ2n) is 10.2. The van der Waals surface area contributed by atoms with Crippen LogP contribution in [0.25, 0.3) is 11.0 Å². The number of carbonyl (C=O) groups is 3. The van der Waals surface area contributed by atoms with Gasteiger partial charge >= 0.3 is 18.0 Å². The van der Waals surface area contributed by atoms with Crippen molar-refractivity contribution in [3.05, 3.63) is 83.8 Å². The molecule has 0 saturated heterocycles. The quantitative estimate of drug-likeness (QED) is 0.0706. The summed E-state index contributed by atoms with van der Waals surface area (Å²) in [5.74, 6) is -0.574. The van der Waals surface area contributed by atoms with E-state index in [-0.39, 0.29) is 24.4 Å². The number of hydrogen-bond donors (Lipinski definition) is 3. The highest BCUT2D eigenvalue weighted by Crippen LogP contribution is 2.20. The fourth-order valence-corrected chi connectivity index (χ4v) is 4.42. The van der Waals surface area contributed by atoms with Gasteiger partial charge in [0.05, 0.1) is 42.7 Å². The number of nitrogens with two attached hydrogens (primary N) is 1. The van der Waals surface area contributed by atoms with Crippen molar-refractivity contribution in [3.8, 4) is 0 Å². The molecular formula is C32H37N7O6. The molecule has 0 atom stereocenters. The minimum absolute atomic E-state index is 0.0637. The van der Waals surface area contributed by atoms with Crippen LogP contribution in [0.5, 0.6) is 0 Å². The molecule has 236 valence electrons. The summed E-state index contributed by atoms with van der Waals surface area (Å²) >= 11 is 0. The molecule has 2 heterocycles. The molecule has 0 spiro atoms. The topological polar surface area (TPSA) is 174 Å². The van der Waals surface area contributed by atoms with E-state index in [1.54, 1.807) is 48.5 Å². The first-order valence-corrected chi connectivity index (χ1v) is 14.7. The van der Waals surface area contributed by atoms with Crippen LogP contribution in [0.15, 0.2) is 71.9 Å². The Morgan fingerprint density at radius 3 is 2.53 bits per heavy atom. The van der Waals surface area contributed by atoms with Crippen molar-refractivity contribution in [2.45, 2.75) is 45.6 Å². The van der Waals surface area contributed by atoms with Gasteiger partial charge in [-0.2, -0.15) is 10.1 Å². The van der Waals surface area contributed by atoms with Gasteiger partial charge in [0, 0.05) is 24.5 Å². The average Bonchev–Trinajstić information content (AvgIpc) is 3.36. The van der Waals surface area contributed by atoms with Gasteiger partial charge < -0.3 is 30.3 Å². The number of amidine groups is 1. The van der Waals surface area contributed by atoms with Crippen LogP contribution in [0, 0.1) is 0 Å². The third-order valence-corrected chi connectivity index (χ3v) is 6.90. The Kier molecular flexibility index (Phi) is 11.4. The highest BCUT2D eigenvalue weighted by Gasteiger charge is 2.19. The highest BCUT2D eigenvalue weighted by atomic mass is 16.7. The molecule has 0 fully saturated rings. The molecule has 45 heavy (non-hydrogen) atoms. The zero-order chi connectivity index (χ0) is 32.2. The third-order valence-electron chi connectivity index (χ3n) is 6.90. The molecule has 0 aliphatic heterocycles. The lowest BCUT2D eigenvalue weighted by Gasteiger charge is -2.21. The van der Waals surface area contributed by atoms with Crippen LogP contribution < -0.4 is 16.1 Å². The highest BCUT2D eigenvalue weighted by molar-refractivity contribution is 6.03. The van der Waals surface area contributed by atoms with Crippen molar-refractivity contribution in [2.75, 3.05) is 23.5 Å². The van der Waals surface area contributed by atoms with Gasteiger partial charge in [-0.05, 0) is 61.0 Å². The number of benzene rings is 2. The number of carboxylic acids is 1. The van der Waals surface area contributed by atoms with Gasteiger partial charge in [0.25, 0.3) is 0 Å². The Morgan fingerprint density at radius 1 is 1.04 bits per heavy atom. The Balaban J connectivity index is 1.37. The second kappa shape index (κ2) is 15.8. The molecule has 1 amide bonds. The van der Waals surface area contributed by atoms with E-state index in [0.717, 1.165) is 42.7 Å². The molecule has 0 radical (unpaired) electrons. The Bertz CT molecular complexity index is 1640. The summed E-state index contributed by atoms with van der Waals surface area (Å²) in [6.45, 7) is 2.77. The van der Waals surface area contributed by atoms with Crippen LogP contribution in [0.1, 0.15) is 60.8 Å². The zero-order valence-electron chi connectivity index (χ0n) is 25.3. The number of carbonyl (C=O) groups excluding carboxylic acids is 2. The average molecular weight is 616 g/mol. The van der Waals surface area contributed by atoms with E-state index in [1.165, 1.54) is 11.3 Å². The number of rotatable bonds is 15. The Hall–Kier alpha value is -5.46. The van der Waals surface area contributed by atoms with Crippen molar-refractivity contribution in [1.82, 2.24) is 14.5 Å². The number of carboxylic acid groups (broad SMARTS) is 1. The van der Waals surface area contributed by atoms with E-state index < -0.39 is 18.0 Å². The number of amides is 1. The number of aliphatic imine (C=N–C) groups is 1. The van der Waals surface area contributed by atoms with Crippen LogP contribution in [0.4, 0.5) is 16.3 Å². The van der Waals surface area contributed by atoms with Gasteiger partial charge in [0.15, 0.2) is 5.82 Å². The maximum Gasteiger partial charge on any atom is 0.435 e. The third kappa shape index (κ3) is 9.26. The van der Waals surface area contributed by atoms with Crippen molar-refractivity contribution in [2.24, 2.45) is 17.8 Å². The van der Waals surface area contributed by atoms with Crippen LogP contribution in [0.2, 0.25) is 0 Å². The molecule has 13 nitrogen and oxygen atoms in total. The molecule has 0 saturated carbocycles. The molecule has 4 N–H and O–H groups in total. The number of aryl methyl sites for hydroxylation is 1. The van der Waals surface area contributed by atoms with Crippen molar-refractivity contribution in [3.63, 3.8) is 0 Å². The van der Waals surface area contributed by atoms with Crippen LogP contribution in [0.3, 0.4) is 0 Å². The SMILES string of the molecule is CCCCCCOC(=O)/N=C(/N)c1ccc(NCc2nc3cc(C(=O)ON(CCC(=O)O)c4ccccn4)ccc3n2C)cc1. The monoisotopic (exact) mass is 615 g/mol. The molecule has 0 bridgehead atoms. The lowest BCUT2D eigenvalue weighted by Crippen LogP contribution is -2.30. The number of unbranched alkanes of at least 4 members (excludes halogenated alkanes) is 3. The van der Waals surface area contributed by atoms with E-state index in [1.807, 2.05) is 23.7 Å². The van der Waals surface area contributed by atoms with Gasteiger partial charge in [0.2, 0.25) is 0 Å². The number of hydrogen-bond acceptors (Lipinski definition) is 9. The predicted molar refractivity (Wildman–Crippen MR) is 170 cm³/mol. The Labute approximate surface area is 260 Å². The number of nitrogens with one attached hydrogen (secondary N) is 1. The first-order valence-electron chi connectivity index (χ1n) is 14.7. The number of pyridine rings is 1. The first-order chi connectivity index (χ1) is 21.7. The molecule has 0 aliphatic carbocycles. The lowest BCUT2D eigenvalue weighted by atomic mass is 10.2. The summed E-state index contributed by atoms with van der Waals surface area (Å²) in [7, 11) is 1.88. The lowest BCUT2D eigenvalue weighted by molar-refractivity contribution is -0.137. The van der Waals surface area contributed by atoms with Crippen molar-refractivity contribution >= 4 is 46.4 Å². The van der Waals surface area contributed by atoms with Gasteiger partial charge in [-0.1, -0.05) is 32.3 Å². The zero-order valence-corrected chi connectivity index (χ0v) is 25.3. The van der Waals surface area contributed by atoms with E-state index >= 15 is 0 Å². The summed E-state index contributed by atoms with van der Waals surface area (Å²) in [5.41, 5.74) is 9.05. The second-order valence-corrected chi connectivity index (χ2v) is 10.2. The summed E-state index contributed by atoms with van der Waals surface area (Å²) in [6.07, 6.45) is 4.60. The van der Waals surface area contributed by atoms with Gasteiger partial charge in [-0.25, -0.2) is 19.6 Å². The number of hydroxylamine groups is 1. The predicted octanol–water partition coefficient (Wildman–Crippen LogP) is 5.06. The normalized spacial score (nSPS) is 11.3. The van der Waals surface area contributed by atoms with Crippen LogP contribution in [-0.2, 0) is 28.0 Å². The number of anilines is 2. The van der Waals surface area contributed by atoms with Gasteiger partial charge in [-0.3, -0.25) is 4.79 Å². The number of aromatic nitrogens is 3. The van der Waals surface area contributed by atoms with E-state index in [4.69, 9.17) is 20.4 Å². The summed E-state index contributed by atoms with van der Waals surface area (Å²) in [4.78, 5) is 54.3. The smallest absolute Gasteiger partial charge is 0.435 e. The fourth-order valence-electron chi connectivity index (χ4n) is 4.42. The molecular weight excluding hydrogens is 578 g/mol. The fraction of sp³-hybridized carbons (Fsp3) is 0.312. The molecule has 4 aromatic rings. The summed E-state index contributed by atoms with van der Waals surface area (Å²) in [5, 5.41) is 13.6. The minimum atomic E-state index is -1.03. The van der Waals surface area contributed by atoms with Gasteiger partial charge in [-0.15, -0.1) is 0 Å². The standard InChI is InChI=1S/C32H37N7O6/c1-3-4-5-8-19-44-32(43)37-30(33)22-10-13-24(14-11-22)35-21-28-36-25-20-23(12-15-26(25)38(28)2)31(42)45-39(18-16-29(40)41)27-9-6-7-17-34-27/h6-7,9-15,17,20,35H,3-5,8,16,18-19,21H2,1-2H3,(H,40,41)(H2,33,37,43). The van der Waals surface area contributed by atoms with Crippen molar-refractivity contribution < 1.29 is 29.1 Å². The largest absolute Gasteiger partial charge is 0.481 e. The maximum atomic E-state index is 13.0. The van der Waals surface area contributed by atoms with Crippen molar-refractivity contribution in [1.29, 1.82) is 0 Å². The van der Waals surface area contributed by atoms with E-state index in [9.17, 15) is 14.4 Å². The van der Waals surface area contributed by atoms with Crippen LogP contribution >= 0.6 is 0 Å².